The van der Waals surface area contributed by atoms with Crippen LogP contribution in [0.2, 0.25) is 0 Å². The van der Waals surface area contributed by atoms with Crippen LogP contribution in [0.15, 0.2) is 6.07 Å². The fraction of sp³-hybridized carbons (Fsp3) is 0.500. The first-order valence-corrected chi connectivity index (χ1v) is 6.43. The summed E-state index contributed by atoms with van der Waals surface area (Å²) in [6.07, 6.45) is 0.910. The normalized spacial score (nSPS) is 10.1. The van der Waals surface area contributed by atoms with Gasteiger partial charge in [-0.2, -0.15) is 0 Å². The molecule has 0 radical (unpaired) electrons. The summed E-state index contributed by atoms with van der Waals surface area (Å²) in [7, 11) is 0. The van der Waals surface area contributed by atoms with E-state index in [0.717, 1.165) is 11.3 Å². The van der Waals surface area contributed by atoms with Gasteiger partial charge in [0.25, 0.3) is 5.91 Å². The first-order valence-electron chi connectivity index (χ1n) is 5.61. The molecule has 5 heteroatoms. The maximum absolute atomic E-state index is 11.7. The Kier molecular flexibility index (Phi) is 5.15. The molecule has 1 heterocycles. The number of hydrogen-bond donors (Lipinski definition) is 1. The number of carbonyl (C=O) groups excluding carboxylic acids is 2. The average Bonchev–Trinajstić information content (AvgIpc) is 2.68. The maximum atomic E-state index is 11.7. The van der Waals surface area contributed by atoms with Crippen molar-refractivity contribution in [2.45, 2.75) is 27.2 Å². The van der Waals surface area contributed by atoms with Crippen LogP contribution in [0.5, 0.6) is 0 Å². The summed E-state index contributed by atoms with van der Waals surface area (Å²) < 4.78 is 4.73. The molecule has 1 amide bonds. The summed E-state index contributed by atoms with van der Waals surface area (Å²) in [4.78, 5) is 24.6. The summed E-state index contributed by atoms with van der Waals surface area (Å²) in [5.41, 5.74) is 1.18. The quantitative estimate of drug-likeness (QED) is 0.818. The Morgan fingerprint density at radius 3 is 2.65 bits per heavy atom. The van der Waals surface area contributed by atoms with Crippen LogP contribution in [0.1, 0.15) is 34.0 Å². The van der Waals surface area contributed by atoms with E-state index in [1.165, 1.54) is 16.9 Å². The minimum atomic E-state index is -0.412. The van der Waals surface area contributed by atoms with Gasteiger partial charge < -0.3 is 10.1 Å². The summed E-state index contributed by atoms with van der Waals surface area (Å²) in [5, 5.41) is 2.55. The molecule has 0 aromatic carbocycles. The lowest BCUT2D eigenvalue weighted by Gasteiger charge is -2.02. The van der Waals surface area contributed by atoms with Gasteiger partial charge in [-0.3, -0.25) is 9.59 Å². The molecule has 0 spiro atoms. The van der Waals surface area contributed by atoms with Crippen LogP contribution in [0.4, 0.5) is 0 Å². The molecule has 0 saturated heterocycles. The number of esters is 1. The van der Waals surface area contributed by atoms with E-state index in [4.69, 9.17) is 4.74 Å². The third-order valence-electron chi connectivity index (χ3n) is 2.32. The Bertz CT molecular complexity index is 412. The first-order chi connectivity index (χ1) is 8.08. The molecule has 0 atom stereocenters. The highest BCUT2D eigenvalue weighted by Gasteiger charge is 2.12. The highest BCUT2D eigenvalue weighted by atomic mass is 32.1. The van der Waals surface area contributed by atoms with Crippen LogP contribution in [-0.2, 0) is 16.0 Å². The molecule has 94 valence electrons. The van der Waals surface area contributed by atoms with Gasteiger partial charge in [0.2, 0.25) is 0 Å². The predicted molar refractivity (Wildman–Crippen MR) is 67.4 cm³/mol. The number of hydrogen-bond acceptors (Lipinski definition) is 4. The Morgan fingerprint density at radius 2 is 2.12 bits per heavy atom. The molecule has 1 rings (SSSR count). The fourth-order valence-corrected chi connectivity index (χ4v) is 2.46. The third kappa shape index (κ3) is 3.85. The highest BCUT2D eigenvalue weighted by Crippen LogP contribution is 2.21. The van der Waals surface area contributed by atoms with E-state index in [1.54, 1.807) is 6.92 Å². The van der Waals surface area contributed by atoms with Crippen LogP contribution < -0.4 is 5.32 Å². The molecule has 1 aromatic rings. The molecular weight excluding hydrogens is 238 g/mol. The van der Waals surface area contributed by atoms with Gasteiger partial charge in [0.05, 0.1) is 11.5 Å². The van der Waals surface area contributed by atoms with Crippen LogP contribution in [0.3, 0.4) is 0 Å². The third-order valence-corrected chi connectivity index (χ3v) is 3.42. The monoisotopic (exact) mass is 255 g/mol. The van der Waals surface area contributed by atoms with Crippen molar-refractivity contribution in [3.63, 3.8) is 0 Å². The zero-order valence-corrected chi connectivity index (χ0v) is 11.1. The molecule has 0 saturated carbocycles. The minimum absolute atomic E-state index is 0.0783. The predicted octanol–water partition coefficient (Wildman–Crippen LogP) is 1.91. The number of amides is 1. The van der Waals surface area contributed by atoms with Gasteiger partial charge in [0.1, 0.15) is 6.54 Å². The van der Waals surface area contributed by atoms with Gasteiger partial charge in [0, 0.05) is 4.88 Å². The Labute approximate surface area is 105 Å². The van der Waals surface area contributed by atoms with Gasteiger partial charge >= 0.3 is 5.97 Å². The zero-order valence-electron chi connectivity index (χ0n) is 10.3. The molecule has 0 fully saturated rings. The van der Waals surface area contributed by atoms with Gasteiger partial charge in [0.15, 0.2) is 0 Å². The molecular formula is C12H17NO3S. The first kappa shape index (κ1) is 13.7. The van der Waals surface area contributed by atoms with Crippen molar-refractivity contribution in [3.8, 4) is 0 Å². The van der Waals surface area contributed by atoms with Crippen molar-refractivity contribution in [2.24, 2.45) is 0 Å². The lowest BCUT2D eigenvalue weighted by atomic mass is 10.2. The lowest BCUT2D eigenvalue weighted by Crippen LogP contribution is -2.30. The molecule has 17 heavy (non-hydrogen) atoms. The summed E-state index contributed by atoms with van der Waals surface area (Å²) >= 11 is 1.45. The SMILES string of the molecule is CCOC(=O)CNC(=O)c1cc(CC)c(C)s1. The smallest absolute Gasteiger partial charge is 0.325 e. The maximum Gasteiger partial charge on any atom is 0.325 e. The van der Waals surface area contributed by atoms with E-state index in [2.05, 4.69) is 12.2 Å². The number of carbonyl (C=O) groups is 2. The number of thiophene rings is 1. The Morgan fingerprint density at radius 1 is 1.41 bits per heavy atom. The van der Waals surface area contributed by atoms with Gasteiger partial charge in [-0.15, -0.1) is 11.3 Å². The molecule has 4 nitrogen and oxygen atoms in total. The van der Waals surface area contributed by atoms with E-state index in [9.17, 15) is 9.59 Å². The summed E-state index contributed by atoms with van der Waals surface area (Å²) in [6, 6.07) is 1.88. The topological polar surface area (TPSA) is 55.4 Å². The summed E-state index contributed by atoms with van der Waals surface area (Å²) in [6.45, 7) is 6.02. The van der Waals surface area contributed by atoms with Crippen LogP contribution >= 0.6 is 11.3 Å². The van der Waals surface area contributed by atoms with Crippen molar-refractivity contribution < 1.29 is 14.3 Å². The largest absolute Gasteiger partial charge is 0.465 e. The number of ether oxygens (including phenoxy) is 1. The summed E-state index contributed by atoms with van der Waals surface area (Å²) in [5.74, 6) is -0.629. The van der Waals surface area contributed by atoms with E-state index >= 15 is 0 Å². The lowest BCUT2D eigenvalue weighted by molar-refractivity contribution is -0.141. The number of nitrogens with one attached hydrogen (secondary N) is 1. The Hall–Kier alpha value is -1.36. The van der Waals surface area contributed by atoms with Crippen molar-refractivity contribution in [2.75, 3.05) is 13.2 Å². The van der Waals surface area contributed by atoms with Gasteiger partial charge in [-0.1, -0.05) is 6.92 Å². The molecule has 1 N–H and O–H groups in total. The van der Waals surface area contributed by atoms with Crippen LogP contribution in [0, 0.1) is 6.92 Å². The molecule has 0 aliphatic carbocycles. The van der Waals surface area contributed by atoms with Crippen molar-refractivity contribution in [1.82, 2.24) is 5.32 Å². The second-order valence-electron chi connectivity index (χ2n) is 3.53. The highest BCUT2D eigenvalue weighted by molar-refractivity contribution is 7.14. The molecule has 0 unspecified atom stereocenters. The Balaban J connectivity index is 2.55. The minimum Gasteiger partial charge on any atom is -0.465 e. The van der Waals surface area contributed by atoms with Gasteiger partial charge in [-0.25, -0.2) is 0 Å². The molecule has 0 aliphatic rings. The number of rotatable bonds is 5. The standard InChI is InChI=1S/C12H17NO3S/c1-4-9-6-10(17-8(9)3)12(15)13-7-11(14)16-5-2/h6H,4-5,7H2,1-3H3,(H,13,15). The van der Waals surface area contributed by atoms with Crippen LogP contribution in [0.25, 0.3) is 0 Å². The average molecular weight is 255 g/mol. The zero-order chi connectivity index (χ0) is 12.8. The second-order valence-corrected chi connectivity index (χ2v) is 4.79. The van der Waals surface area contributed by atoms with E-state index < -0.39 is 5.97 Å². The molecule has 0 aliphatic heterocycles. The fourth-order valence-electron chi connectivity index (χ4n) is 1.43. The van der Waals surface area contributed by atoms with Crippen LogP contribution in [-0.4, -0.2) is 25.0 Å². The van der Waals surface area contributed by atoms with Crippen molar-refractivity contribution in [3.05, 3.63) is 21.4 Å². The van der Waals surface area contributed by atoms with Crippen molar-refractivity contribution >= 4 is 23.2 Å². The van der Waals surface area contributed by atoms with E-state index in [0.29, 0.717) is 11.5 Å². The number of aryl methyl sites for hydroxylation is 2. The molecule has 1 aromatic heterocycles. The van der Waals surface area contributed by atoms with Crippen molar-refractivity contribution in [1.29, 1.82) is 0 Å². The second kappa shape index (κ2) is 6.39. The molecule has 0 bridgehead atoms. The van der Waals surface area contributed by atoms with Gasteiger partial charge in [-0.05, 0) is 31.9 Å². The van der Waals surface area contributed by atoms with E-state index in [1.807, 2.05) is 13.0 Å². The van der Waals surface area contributed by atoms with E-state index in [-0.39, 0.29) is 12.5 Å².